The molecule has 2 radical (unpaired) electrons. The molecule has 166 valence electrons. The summed E-state index contributed by atoms with van der Waals surface area (Å²) in [6.45, 7) is 10.9. The first-order valence-corrected chi connectivity index (χ1v) is 10.3. The van der Waals surface area contributed by atoms with Crippen molar-refractivity contribution in [2.75, 3.05) is 0 Å². The van der Waals surface area contributed by atoms with Crippen LogP contribution in [0.15, 0.2) is 61.7 Å². The Bertz CT molecular complexity index is 971. The number of nitrogens with two attached hydrogens (primary N) is 1. The molecule has 7 heteroatoms. The van der Waals surface area contributed by atoms with Crippen molar-refractivity contribution in [1.82, 2.24) is 0 Å². The zero-order valence-electron chi connectivity index (χ0n) is 17.6. The maximum atomic E-state index is 12.5. The van der Waals surface area contributed by atoms with Crippen molar-refractivity contribution in [3.8, 4) is 11.1 Å². The largest absolute Gasteiger partial charge is 0.147 e. The van der Waals surface area contributed by atoms with Crippen LogP contribution in [0.2, 0.25) is 0 Å². The Morgan fingerprint density at radius 3 is 2.26 bits per heavy atom. The van der Waals surface area contributed by atoms with E-state index < -0.39 is 16.2 Å². The monoisotopic (exact) mass is 523 g/mol. The number of carbonyl (C=O) groups is 2. The van der Waals surface area contributed by atoms with Gasteiger partial charge in [-0.3, -0.25) is 0 Å². The molecule has 0 spiro atoms. The van der Waals surface area contributed by atoms with Crippen LogP contribution in [0.25, 0.3) is 11.1 Å². The maximum Gasteiger partial charge on any atom is -0.147 e. The normalized spacial score (nSPS) is 13.0. The minimum atomic E-state index is -1.13. The molecule has 2 rings (SSSR count). The molecule has 3 N–H and O–H groups in total. The van der Waals surface area contributed by atoms with Crippen molar-refractivity contribution in [2.24, 2.45) is 5.73 Å². The summed E-state index contributed by atoms with van der Waals surface area (Å²) >= 11 is 2.25. The molecule has 2 unspecified atom stereocenters. The molecule has 0 amide bonds. The van der Waals surface area contributed by atoms with Crippen LogP contribution < -0.4 is 5.73 Å². The Kier molecular flexibility index (Phi) is 11.5. The molecule has 2 aromatic carbocycles. The van der Waals surface area contributed by atoms with Gasteiger partial charge in [0.2, 0.25) is 0 Å². The molecule has 4 nitrogen and oxygen atoms in total. The number of allylic oxidation sites excluding steroid dienone is 2. The third-order valence-electron chi connectivity index (χ3n) is 4.86. The molecule has 0 saturated heterocycles. The van der Waals surface area contributed by atoms with E-state index in [1.165, 1.54) is 0 Å². The fourth-order valence-corrected chi connectivity index (χ4v) is 3.64. The molecule has 0 aliphatic rings. The van der Waals surface area contributed by atoms with Crippen LogP contribution >= 0.6 is 24.8 Å². The number of halogens is 2. The van der Waals surface area contributed by atoms with Crippen LogP contribution in [0.4, 0.5) is 0 Å². The number of carboxylic acid groups (broad SMARTS) is 1. The maximum absolute atomic E-state index is 12.5. The summed E-state index contributed by atoms with van der Waals surface area (Å²) in [7, 11) is 0. The molecular weight excluding hydrogens is 496 g/mol. The first kappa shape index (κ1) is 29.2. The van der Waals surface area contributed by atoms with E-state index in [4.69, 9.17) is 5.73 Å². The number of benzene rings is 2. The SMILES string of the molecule is C=CCc1ccc(C(C)([As])C(=O)O)c(-c2ccc(C(=O)C(C)N)c(CC=C)c2)c1.Cl.Cl. The Hall–Kier alpha value is -1.84. The number of hydrogen-bond acceptors (Lipinski definition) is 3. The number of aliphatic carboxylic acids is 1. The van der Waals surface area contributed by atoms with E-state index in [9.17, 15) is 14.7 Å². The minimum absolute atomic E-state index is 0. The van der Waals surface area contributed by atoms with Gasteiger partial charge in [-0.25, -0.2) is 0 Å². The fraction of sp³-hybridized carbons (Fsp3) is 0.250. The minimum Gasteiger partial charge on any atom is -0.147 e. The number of ketones is 1. The number of carbonyl (C=O) groups excluding carboxylic acids is 1. The Balaban J connectivity index is 0.00000450. The molecule has 0 aliphatic carbocycles. The van der Waals surface area contributed by atoms with Gasteiger partial charge in [-0.15, -0.1) is 24.8 Å². The number of Topliss-reactive ketones (excluding diaryl/α,β-unsaturated/α-hetero) is 1. The fourth-order valence-electron chi connectivity index (χ4n) is 3.23. The molecule has 0 aliphatic heterocycles. The zero-order valence-corrected chi connectivity index (χ0v) is 21.1. The Labute approximate surface area is 205 Å². The zero-order chi connectivity index (χ0) is 21.8. The molecule has 0 bridgehead atoms. The first-order chi connectivity index (χ1) is 13.6. The third kappa shape index (κ3) is 6.57. The van der Waals surface area contributed by atoms with E-state index in [2.05, 4.69) is 30.0 Å². The van der Waals surface area contributed by atoms with Crippen molar-refractivity contribution >= 4 is 53.4 Å². The van der Waals surface area contributed by atoms with Gasteiger partial charge in [0.15, 0.2) is 0 Å². The van der Waals surface area contributed by atoms with Crippen molar-refractivity contribution in [2.45, 2.75) is 36.9 Å². The van der Waals surface area contributed by atoms with Crippen molar-refractivity contribution in [3.05, 3.63) is 84.0 Å². The van der Waals surface area contributed by atoms with E-state index in [-0.39, 0.29) is 30.6 Å². The van der Waals surface area contributed by atoms with Crippen LogP contribution in [0, 0.1) is 0 Å². The van der Waals surface area contributed by atoms with Crippen LogP contribution in [0.5, 0.6) is 0 Å². The van der Waals surface area contributed by atoms with Gasteiger partial charge in [0.25, 0.3) is 0 Å². The van der Waals surface area contributed by atoms with Gasteiger partial charge in [0, 0.05) is 0 Å². The molecule has 0 saturated carbocycles. The molecular formula is C24H28AsCl2NO3. The average molecular weight is 524 g/mol. The van der Waals surface area contributed by atoms with Gasteiger partial charge in [-0.2, -0.15) is 0 Å². The van der Waals surface area contributed by atoms with Gasteiger partial charge < -0.3 is 0 Å². The first-order valence-electron chi connectivity index (χ1n) is 9.37. The van der Waals surface area contributed by atoms with E-state index >= 15 is 0 Å². The number of rotatable bonds is 9. The molecule has 31 heavy (non-hydrogen) atoms. The van der Waals surface area contributed by atoms with E-state index in [0.717, 1.165) is 22.3 Å². The van der Waals surface area contributed by atoms with Crippen LogP contribution in [0.1, 0.15) is 40.9 Å². The molecule has 2 atom stereocenters. The van der Waals surface area contributed by atoms with Gasteiger partial charge in [0.05, 0.1) is 0 Å². The van der Waals surface area contributed by atoms with E-state index in [1.807, 2.05) is 36.4 Å². The van der Waals surface area contributed by atoms with Gasteiger partial charge in [-0.05, 0) is 0 Å². The van der Waals surface area contributed by atoms with Crippen LogP contribution in [-0.2, 0) is 21.8 Å². The summed E-state index contributed by atoms with van der Waals surface area (Å²) in [5.74, 6) is -1.05. The third-order valence-corrected chi connectivity index (χ3v) is 5.77. The average Bonchev–Trinajstić information content (AvgIpc) is 2.67. The van der Waals surface area contributed by atoms with Gasteiger partial charge in [-0.1, -0.05) is 0 Å². The Morgan fingerprint density at radius 1 is 1.13 bits per heavy atom. The van der Waals surface area contributed by atoms with Crippen molar-refractivity contribution < 1.29 is 14.7 Å². The molecule has 0 aromatic heterocycles. The molecule has 2 aromatic rings. The summed E-state index contributed by atoms with van der Waals surface area (Å²) in [5, 5.41) is 9.75. The summed E-state index contributed by atoms with van der Waals surface area (Å²) in [6, 6.07) is 10.7. The second-order valence-electron chi connectivity index (χ2n) is 7.27. The number of carboxylic acids is 1. The second kappa shape index (κ2) is 12.3. The predicted octanol–water partition coefficient (Wildman–Crippen LogP) is 4.65. The van der Waals surface area contributed by atoms with Crippen molar-refractivity contribution in [3.63, 3.8) is 0 Å². The quantitative estimate of drug-likeness (QED) is 0.285. The smallest absolute Gasteiger partial charge is 0.147 e. The van der Waals surface area contributed by atoms with Crippen LogP contribution in [0.3, 0.4) is 0 Å². The second-order valence-corrected chi connectivity index (χ2v) is 9.14. The summed E-state index contributed by atoms with van der Waals surface area (Å²) in [5.41, 5.74) is 10.6. The molecule has 0 heterocycles. The summed E-state index contributed by atoms with van der Waals surface area (Å²) < 4.78 is -1.13. The van der Waals surface area contributed by atoms with E-state index in [1.54, 1.807) is 26.0 Å². The van der Waals surface area contributed by atoms with Gasteiger partial charge >= 0.3 is 181 Å². The van der Waals surface area contributed by atoms with Crippen LogP contribution in [-0.4, -0.2) is 39.8 Å². The Morgan fingerprint density at radius 2 is 1.74 bits per heavy atom. The summed E-state index contributed by atoms with van der Waals surface area (Å²) in [6.07, 6.45) is 4.74. The number of hydrogen-bond donors (Lipinski definition) is 2. The van der Waals surface area contributed by atoms with Gasteiger partial charge in [0.1, 0.15) is 0 Å². The molecule has 0 fully saturated rings. The topological polar surface area (TPSA) is 80.4 Å². The predicted molar refractivity (Wildman–Crippen MR) is 133 cm³/mol. The standard InChI is InChI=1S/C24H26AsNO3.2ClH/c1-5-7-16-9-12-21(24(4,25)23(28)29)20(13-16)18-10-11-19(22(27)15(3)26)17(14-18)8-6-2;;/h5-6,9-15H,1-2,7-8,26H2,3-4H3,(H,28,29);2*1H. The summed E-state index contributed by atoms with van der Waals surface area (Å²) in [4.78, 5) is 24.4. The van der Waals surface area contributed by atoms with Crippen molar-refractivity contribution in [1.29, 1.82) is 0 Å². The van der Waals surface area contributed by atoms with E-state index in [0.29, 0.717) is 24.0 Å².